The van der Waals surface area contributed by atoms with Gasteiger partial charge in [-0.25, -0.2) is 0 Å². The van der Waals surface area contributed by atoms with E-state index in [9.17, 15) is 15.0 Å². The molecular weight excluding hydrogens is 447 g/mol. The molecule has 7 heteroatoms. The van der Waals surface area contributed by atoms with Gasteiger partial charge in [0.2, 0.25) is 5.91 Å². The van der Waals surface area contributed by atoms with Crippen LogP contribution < -0.4 is 11.1 Å². The van der Waals surface area contributed by atoms with Gasteiger partial charge in [-0.15, -0.1) is 0 Å². The Bertz CT molecular complexity index is 795. The normalized spacial score (nSPS) is 13.5. The topological polar surface area (TPSA) is 105 Å². The van der Waals surface area contributed by atoms with Crippen LogP contribution in [0.1, 0.15) is 18.6 Å². The molecule has 0 heterocycles. The molecule has 0 bridgehead atoms. The summed E-state index contributed by atoms with van der Waals surface area (Å²) in [5.74, 6) is -0.427. The minimum Gasteiger partial charge on any atom is -0.508 e. The zero-order valence-corrected chi connectivity index (χ0v) is 16.4. The molecule has 0 aliphatic rings. The molecule has 0 unspecified atom stereocenters. The fraction of sp³-hybridized carbons (Fsp3) is 0.211. The highest BCUT2D eigenvalue weighted by Crippen LogP contribution is 2.30. The monoisotopic (exact) mass is 468 g/mol. The number of amides is 1. The number of aliphatic hydroxyl groups excluding tert-OH is 1. The summed E-state index contributed by atoms with van der Waals surface area (Å²) in [5.41, 5.74) is 7.10. The summed E-state index contributed by atoms with van der Waals surface area (Å²) in [6.45, 7) is 2.12. The van der Waals surface area contributed by atoms with Crippen LogP contribution in [-0.4, -0.2) is 28.8 Å². The molecule has 0 aliphatic carbocycles. The summed E-state index contributed by atoms with van der Waals surface area (Å²) in [7, 11) is 0. The van der Waals surface area contributed by atoms with E-state index in [1.54, 1.807) is 43.3 Å². The van der Waals surface area contributed by atoms with Crippen molar-refractivity contribution in [1.29, 1.82) is 0 Å². The summed E-state index contributed by atoms with van der Waals surface area (Å²) in [6, 6.07) is 11.8. The van der Waals surface area contributed by atoms with Crippen molar-refractivity contribution < 1.29 is 19.7 Å². The molecule has 0 spiro atoms. The van der Waals surface area contributed by atoms with E-state index in [2.05, 4.69) is 27.9 Å². The Labute approximate surface area is 165 Å². The average Bonchev–Trinajstić information content (AvgIpc) is 2.62. The number of aliphatic hydroxyl groups is 1. The summed E-state index contributed by atoms with van der Waals surface area (Å²) < 4.78 is 6.39. The van der Waals surface area contributed by atoms with Gasteiger partial charge in [0.05, 0.1) is 11.4 Å². The van der Waals surface area contributed by atoms with E-state index in [1.165, 1.54) is 18.2 Å². The lowest BCUT2D eigenvalue weighted by atomic mass is 10.0. The number of carbonyl (C=O) groups excluding carboxylic acids is 1. The number of carbonyl (C=O) groups is 1. The van der Waals surface area contributed by atoms with Gasteiger partial charge in [-0.05, 0) is 65.9 Å². The third kappa shape index (κ3) is 5.45. The first-order valence-corrected chi connectivity index (χ1v) is 9.12. The highest BCUT2D eigenvalue weighted by Gasteiger charge is 2.22. The van der Waals surface area contributed by atoms with Gasteiger partial charge < -0.3 is 26.0 Å². The molecule has 26 heavy (non-hydrogen) atoms. The van der Waals surface area contributed by atoms with E-state index in [0.717, 1.165) is 3.57 Å². The quantitative estimate of drug-likeness (QED) is 0.284. The summed E-state index contributed by atoms with van der Waals surface area (Å²) in [5, 5.41) is 23.2. The second-order valence-electron chi connectivity index (χ2n) is 5.50. The molecule has 0 aromatic heterocycles. The number of phenols is 1. The maximum atomic E-state index is 12.1. The number of nitrogen functional groups attached to an aromatic ring is 1. The van der Waals surface area contributed by atoms with Crippen molar-refractivity contribution in [2.45, 2.75) is 19.1 Å². The number of ether oxygens (including phenoxy) is 1. The van der Waals surface area contributed by atoms with Gasteiger partial charge in [-0.3, -0.25) is 4.79 Å². The van der Waals surface area contributed by atoms with Gasteiger partial charge in [-0.1, -0.05) is 12.1 Å². The molecule has 0 aliphatic heterocycles. The van der Waals surface area contributed by atoms with Crippen LogP contribution in [-0.2, 0) is 9.53 Å². The highest BCUT2D eigenvalue weighted by molar-refractivity contribution is 14.1. The van der Waals surface area contributed by atoms with Crippen LogP contribution in [0.15, 0.2) is 54.6 Å². The second-order valence-corrected chi connectivity index (χ2v) is 6.75. The molecule has 0 radical (unpaired) electrons. The van der Waals surface area contributed by atoms with E-state index in [0.29, 0.717) is 23.5 Å². The van der Waals surface area contributed by atoms with Gasteiger partial charge in [0, 0.05) is 21.8 Å². The lowest BCUT2D eigenvalue weighted by Gasteiger charge is -2.21. The zero-order chi connectivity index (χ0) is 19.1. The molecule has 2 atom stereocenters. The number of rotatable bonds is 7. The highest BCUT2D eigenvalue weighted by atomic mass is 127. The molecule has 0 saturated carbocycles. The van der Waals surface area contributed by atoms with Crippen molar-refractivity contribution in [1.82, 2.24) is 0 Å². The van der Waals surface area contributed by atoms with Crippen molar-refractivity contribution >= 4 is 39.9 Å². The van der Waals surface area contributed by atoms with E-state index in [4.69, 9.17) is 10.5 Å². The molecular formula is C19H21IN2O4. The largest absolute Gasteiger partial charge is 0.508 e. The van der Waals surface area contributed by atoms with Crippen LogP contribution in [0.25, 0.3) is 0 Å². The number of nitrogens with one attached hydrogen (secondary N) is 1. The lowest BCUT2D eigenvalue weighted by molar-refractivity contribution is -0.112. The van der Waals surface area contributed by atoms with Crippen molar-refractivity contribution in [2.75, 3.05) is 17.7 Å². The van der Waals surface area contributed by atoms with Gasteiger partial charge in [0.15, 0.2) is 0 Å². The summed E-state index contributed by atoms with van der Waals surface area (Å²) in [6.07, 6.45) is 0.835. The molecule has 1 amide bonds. The fourth-order valence-electron chi connectivity index (χ4n) is 2.35. The first-order valence-electron chi connectivity index (χ1n) is 8.04. The molecule has 6 nitrogen and oxygen atoms in total. The van der Waals surface area contributed by atoms with E-state index in [-0.39, 0.29) is 5.75 Å². The number of para-hydroxylation sites is 2. The van der Waals surface area contributed by atoms with Crippen LogP contribution in [0.2, 0.25) is 0 Å². The number of benzene rings is 2. The number of anilines is 2. The number of hydrogen-bond acceptors (Lipinski definition) is 5. The van der Waals surface area contributed by atoms with Crippen LogP contribution in [0.4, 0.5) is 11.4 Å². The zero-order valence-electron chi connectivity index (χ0n) is 14.2. The van der Waals surface area contributed by atoms with Gasteiger partial charge in [0.1, 0.15) is 18.0 Å². The van der Waals surface area contributed by atoms with Gasteiger partial charge >= 0.3 is 0 Å². The molecule has 0 fully saturated rings. The molecule has 2 rings (SSSR count). The maximum absolute atomic E-state index is 12.1. The summed E-state index contributed by atoms with van der Waals surface area (Å²) in [4.78, 5) is 12.1. The van der Waals surface area contributed by atoms with Crippen molar-refractivity contribution in [2.24, 2.45) is 0 Å². The molecule has 2 aromatic carbocycles. The Morgan fingerprint density at radius 1 is 1.35 bits per heavy atom. The molecule has 2 aromatic rings. The van der Waals surface area contributed by atoms with Crippen molar-refractivity contribution in [3.8, 4) is 5.75 Å². The van der Waals surface area contributed by atoms with Gasteiger partial charge in [-0.2, -0.15) is 0 Å². The Morgan fingerprint density at radius 3 is 2.77 bits per heavy atom. The number of nitrogens with two attached hydrogens (primary N) is 1. The first kappa shape index (κ1) is 20.2. The van der Waals surface area contributed by atoms with E-state index < -0.39 is 18.1 Å². The predicted molar refractivity (Wildman–Crippen MR) is 110 cm³/mol. The first-order chi connectivity index (χ1) is 12.4. The van der Waals surface area contributed by atoms with Gasteiger partial charge in [0.25, 0.3) is 0 Å². The Hall–Kier alpha value is -2.10. The minimum absolute atomic E-state index is 0.0301. The van der Waals surface area contributed by atoms with Crippen molar-refractivity contribution in [3.63, 3.8) is 0 Å². The second kappa shape index (κ2) is 9.56. The maximum Gasteiger partial charge on any atom is 0.248 e. The van der Waals surface area contributed by atoms with E-state index >= 15 is 0 Å². The fourth-order valence-corrected chi connectivity index (χ4v) is 2.87. The summed E-state index contributed by atoms with van der Waals surface area (Å²) >= 11 is 2.09. The van der Waals surface area contributed by atoms with Crippen LogP contribution in [0, 0.1) is 3.57 Å². The molecule has 0 saturated heterocycles. The van der Waals surface area contributed by atoms with Crippen LogP contribution in [0.5, 0.6) is 5.75 Å². The third-order valence-corrected chi connectivity index (χ3v) is 4.31. The number of hydrogen-bond donors (Lipinski definition) is 4. The average molecular weight is 468 g/mol. The van der Waals surface area contributed by atoms with Crippen LogP contribution >= 0.6 is 22.6 Å². The van der Waals surface area contributed by atoms with Crippen LogP contribution in [0.3, 0.4) is 0 Å². The third-order valence-electron chi connectivity index (χ3n) is 3.63. The Kier molecular flexibility index (Phi) is 7.43. The number of phenolic OH excluding ortho intramolecular Hbond substituents is 1. The number of halogens is 1. The smallest absolute Gasteiger partial charge is 0.248 e. The Morgan fingerprint density at radius 2 is 2.08 bits per heavy atom. The standard InChI is InChI=1S/C19H21IN2O4/c1-2-26-17(19(25)13-11-12(20)7-8-16(13)23)9-10-18(24)22-15-6-4-3-5-14(15)21/h3-11,17,19,23,25H,2,21H2,1H3,(H,22,24)/b10-9+/t17-,19-/m1/s1. The van der Waals surface area contributed by atoms with E-state index in [1.807, 2.05) is 0 Å². The minimum atomic E-state index is -1.12. The molecule has 138 valence electrons. The number of aromatic hydroxyl groups is 1. The SMILES string of the molecule is CCO[C@H](/C=C/C(=O)Nc1ccccc1N)[C@H](O)c1cc(I)ccc1O. The molecule has 5 N–H and O–H groups in total. The predicted octanol–water partition coefficient (Wildman–Crippen LogP) is 3.21. The lowest BCUT2D eigenvalue weighted by Crippen LogP contribution is -2.21. The van der Waals surface area contributed by atoms with Crippen molar-refractivity contribution in [3.05, 3.63) is 63.8 Å². The Balaban J connectivity index is 2.13.